The molecular weight excluding hydrogens is 396 g/mol. The van der Waals surface area contributed by atoms with Crippen LogP contribution in [0.5, 0.6) is 0 Å². The average molecular weight is 415 g/mol. The van der Waals surface area contributed by atoms with Crippen LogP contribution in [-0.4, -0.2) is 58.7 Å². The van der Waals surface area contributed by atoms with Crippen molar-refractivity contribution in [3.05, 3.63) is 12.0 Å². The van der Waals surface area contributed by atoms with E-state index in [0.29, 0.717) is 11.5 Å². The lowest BCUT2D eigenvalue weighted by Crippen LogP contribution is -2.40. The summed E-state index contributed by atoms with van der Waals surface area (Å²) in [6, 6.07) is 0. The third-order valence-corrected chi connectivity index (χ3v) is 4.39. The fourth-order valence-electron chi connectivity index (χ4n) is 3.04. The first-order valence-corrected chi connectivity index (χ1v) is 8.83. The molecule has 12 heteroatoms. The molecule has 0 spiro atoms. The Kier molecular flexibility index (Phi) is 5.84. The third kappa shape index (κ3) is 4.09. The molecular formula is C16H19ClN4O7. The second-order valence-electron chi connectivity index (χ2n) is 6.16. The van der Waals surface area contributed by atoms with Gasteiger partial charge in [0.2, 0.25) is 0 Å². The van der Waals surface area contributed by atoms with Crippen LogP contribution in [0.3, 0.4) is 0 Å². The average Bonchev–Trinajstić information content (AvgIpc) is 3.16. The standard InChI is InChI=1S/C16H19ClN4O7/c1-7(22)25-4-10-12(26-8(2)23)13(27-9(3)24)16(28-10)21-6-20-11-14(17)18-5-19-15(11)21/h5-6,10,12-14,16H,4H2,1-3H3,(H,18,19)/t10-,12?,13?,14?,16-/m1/s1. The lowest BCUT2D eigenvalue weighted by molar-refractivity contribution is -0.166. The van der Waals surface area contributed by atoms with Crippen LogP contribution in [0.1, 0.15) is 38.2 Å². The zero-order valence-electron chi connectivity index (χ0n) is 15.3. The highest BCUT2D eigenvalue weighted by atomic mass is 35.5. The van der Waals surface area contributed by atoms with E-state index >= 15 is 0 Å². The van der Waals surface area contributed by atoms with Crippen molar-refractivity contribution in [3.63, 3.8) is 0 Å². The fourth-order valence-corrected chi connectivity index (χ4v) is 3.26. The van der Waals surface area contributed by atoms with Gasteiger partial charge in [-0.25, -0.2) is 9.98 Å². The molecule has 0 saturated carbocycles. The molecule has 2 aliphatic rings. The smallest absolute Gasteiger partial charge is 0.303 e. The second kappa shape index (κ2) is 8.15. The van der Waals surface area contributed by atoms with E-state index in [1.165, 1.54) is 33.4 Å². The van der Waals surface area contributed by atoms with Gasteiger partial charge in [0.05, 0.1) is 12.7 Å². The van der Waals surface area contributed by atoms with Gasteiger partial charge in [0, 0.05) is 20.8 Å². The van der Waals surface area contributed by atoms with Gasteiger partial charge in [-0.05, 0) is 0 Å². The number of nitrogens with zero attached hydrogens (tertiary/aromatic N) is 3. The number of carbonyl (C=O) groups is 3. The van der Waals surface area contributed by atoms with Crippen molar-refractivity contribution in [2.75, 3.05) is 11.9 Å². The van der Waals surface area contributed by atoms with Gasteiger partial charge >= 0.3 is 17.9 Å². The summed E-state index contributed by atoms with van der Waals surface area (Å²) < 4.78 is 23.2. The van der Waals surface area contributed by atoms with Gasteiger partial charge in [0.15, 0.2) is 23.9 Å². The number of aromatic nitrogens is 2. The summed E-state index contributed by atoms with van der Waals surface area (Å²) in [4.78, 5) is 42.7. The van der Waals surface area contributed by atoms with E-state index in [9.17, 15) is 14.4 Å². The minimum Gasteiger partial charge on any atom is -0.463 e. The number of fused-ring (bicyclic) bond motifs is 1. The van der Waals surface area contributed by atoms with E-state index in [4.69, 9.17) is 30.5 Å². The van der Waals surface area contributed by atoms with Crippen LogP contribution < -0.4 is 5.32 Å². The first-order valence-electron chi connectivity index (χ1n) is 8.40. The van der Waals surface area contributed by atoms with E-state index in [1.807, 2.05) is 0 Å². The molecule has 0 bridgehead atoms. The minimum atomic E-state index is -1.00. The lowest BCUT2D eigenvalue weighted by Gasteiger charge is -2.25. The van der Waals surface area contributed by atoms with Crippen molar-refractivity contribution >= 4 is 41.7 Å². The molecule has 3 rings (SSSR count). The van der Waals surface area contributed by atoms with Crippen molar-refractivity contribution < 1.29 is 33.3 Å². The Morgan fingerprint density at radius 1 is 1.18 bits per heavy atom. The number of anilines is 1. The Labute approximate surface area is 164 Å². The molecule has 3 unspecified atom stereocenters. The molecule has 5 atom stereocenters. The number of ether oxygens (including phenoxy) is 4. The molecule has 28 heavy (non-hydrogen) atoms. The molecule has 1 fully saturated rings. The number of hydrogen-bond donors (Lipinski definition) is 1. The van der Waals surface area contributed by atoms with E-state index < -0.39 is 47.9 Å². The lowest BCUT2D eigenvalue weighted by atomic mass is 10.1. The van der Waals surface area contributed by atoms with Crippen molar-refractivity contribution in [2.45, 2.75) is 50.8 Å². The Morgan fingerprint density at radius 3 is 2.50 bits per heavy atom. The van der Waals surface area contributed by atoms with E-state index in [2.05, 4.69) is 15.3 Å². The van der Waals surface area contributed by atoms with Crippen LogP contribution in [0.15, 0.2) is 11.3 Å². The molecule has 0 aliphatic carbocycles. The Bertz CT molecular complexity index is 811. The molecule has 1 saturated heterocycles. The summed E-state index contributed by atoms with van der Waals surface area (Å²) in [5.74, 6) is -1.23. The molecule has 1 N–H and O–H groups in total. The molecule has 3 heterocycles. The summed E-state index contributed by atoms with van der Waals surface area (Å²) in [6.45, 7) is 3.50. The second-order valence-corrected chi connectivity index (χ2v) is 6.57. The zero-order chi connectivity index (χ0) is 20.4. The largest absolute Gasteiger partial charge is 0.463 e. The summed E-state index contributed by atoms with van der Waals surface area (Å²) in [5, 5.41) is 2.92. The SMILES string of the molecule is CC(=O)OC[C@H]1O[C@@H](n2cnc3c2NC=NC3Cl)C(OC(C)=O)C1OC(C)=O. The maximum absolute atomic E-state index is 11.7. The quantitative estimate of drug-likeness (QED) is 0.323. The van der Waals surface area contributed by atoms with Gasteiger partial charge in [-0.3, -0.25) is 19.0 Å². The zero-order valence-corrected chi connectivity index (χ0v) is 16.1. The number of halogens is 1. The highest BCUT2D eigenvalue weighted by Crippen LogP contribution is 2.39. The van der Waals surface area contributed by atoms with Gasteiger partial charge < -0.3 is 24.3 Å². The van der Waals surface area contributed by atoms with E-state index in [1.54, 1.807) is 4.57 Å². The molecule has 11 nitrogen and oxygen atoms in total. The fraction of sp³-hybridized carbons (Fsp3) is 0.562. The number of rotatable bonds is 5. The molecule has 0 radical (unpaired) electrons. The van der Waals surface area contributed by atoms with Crippen LogP contribution in [0, 0.1) is 0 Å². The Balaban J connectivity index is 1.95. The highest BCUT2D eigenvalue weighted by Gasteiger charge is 2.51. The van der Waals surface area contributed by atoms with Crippen molar-refractivity contribution in [3.8, 4) is 0 Å². The molecule has 0 aromatic carbocycles. The molecule has 2 aliphatic heterocycles. The summed E-state index contributed by atoms with van der Waals surface area (Å²) >= 11 is 6.13. The Hall–Kier alpha value is -2.66. The van der Waals surface area contributed by atoms with Crippen LogP contribution in [0.25, 0.3) is 0 Å². The van der Waals surface area contributed by atoms with Gasteiger partial charge in [-0.1, -0.05) is 11.6 Å². The number of esters is 3. The van der Waals surface area contributed by atoms with Crippen molar-refractivity contribution in [1.29, 1.82) is 0 Å². The number of alkyl halides is 1. The topological polar surface area (TPSA) is 130 Å². The monoisotopic (exact) mass is 414 g/mol. The first-order chi connectivity index (χ1) is 13.3. The molecule has 1 aromatic heterocycles. The Morgan fingerprint density at radius 2 is 1.86 bits per heavy atom. The third-order valence-electron chi connectivity index (χ3n) is 4.07. The number of imidazole rings is 1. The number of carbonyl (C=O) groups excluding carboxylic acids is 3. The molecule has 0 amide bonds. The molecule has 152 valence electrons. The van der Waals surface area contributed by atoms with Crippen molar-refractivity contribution in [2.24, 2.45) is 4.99 Å². The summed E-state index contributed by atoms with van der Waals surface area (Å²) in [6.07, 6.45) is -0.907. The number of aliphatic imine (C=N–C) groups is 1. The van der Waals surface area contributed by atoms with Crippen LogP contribution in [0.2, 0.25) is 0 Å². The normalized spacial score (nSPS) is 28.2. The highest BCUT2D eigenvalue weighted by molar-refractivity contribution is 6.21. The first kappa shape index (κ1) is 20.1. The van der Waals surface area contributed by atoms with Gasteiger partial charge in [0.25, 0.3) is 0 Å². The maximum Gasteiger partial charge on any atom is 0.303 e. The van der Waals surface area contributed by atoms with E-state index in [-0.39, 0.29) is 6.61 Å². The number of nitrogens with one attached hydrogen (secondary N) is 1. The van der Waals surface area contributed by atoms with Gasteiger partial charge in [-0.15, -0.1) is 0 Å². The van der Waals surface area contributed by atoms with Gasteiger partial charge in [-0.2, -0.15) is 0 Å². The minimum absolute atomic E-state index is 0.189. The van der Waals surface area contributed by atoms with Crippen LogP contribution >= 0.6 is 11.6 Å². The predicted octanol–water partition coefficient (Wildman–Crippen LogP) is 0.898. The predicted molar refractivity (Wildman–Crippen MR) is 94.6 cm³/mol. The maximum atomic E-state index is 11.7. The van der Waals surface area contributed by atoms with Crippen LogP contribution in [0.4, 0.5) is 5.82 Å². The molecule has 1 aromatic rings. The van der Waals surface area contributed by atoms with E-state index in [0.717, 1.165) is 0 Å². The van der Waals surface area contributed by atoms with Gasteiger partial charge in [0.1, 0.15) is 24.2 Å². The summed E-state index contributed by atoms with van der Waals surface area (Å²) in [7, 11) is 0. The summed E-state index contributed by atoms with van der Waals surface area (Å²) in [5.41, 5.74) is -0.228. The van der Waals surface area contributed by atoms with Crippen LogP contribution in [-0.2, 0) is 33.3 Å². The van der Waals surface area contributed by atoms with Crippen molar-refractivity contribution in [1.82, 2.24) is 9.55 Å². The number of hydrogen-bond acceptors (Lipinski definition) is 10.